The maximum atomic E-state index is 12.6. The molecule has 2 aromatic carbocycles. The van der Waals surface area contributed by atoms with E-state index in [1.807, 2.05) is 6.07 Å². The number of alkyl halides is 6. The third-order valence-electron chi connectivity index (χ3n) is 4.32. The van der Waals surface area contributed by atoms with Crippen LogP contribution in [0.15, 0.2) is 48.5 Å². The van der Waals surface area contributed by atoms with Gasteiger partial charge in [-0.2, -0.15) is 31.6 Å². The summed E-state index contributed by atoms with van der Waals surface area (Å²) in [5.41, 5.74) is -0.0610. The summed E-state index contributed by atoms with van der Waals surface area (Å²) < 4.78 is 75.0. The molecule has 0 spiro atoms. The lowest BCUT2D eigenvalue weighted by molar-refractivity contribution is -0.137. The molecule has 0 aromatic heterocycles. The van der Waals surface area contributed by atoms with Gasteiger partial charge in [0, 0.05) is 24.7 Å². The smallest absolute Gasteiger partial charge is 0.311 e. The Morgan fingerprint density at radius 2 is 1.55 bits per heavy atom. The van der Waals surface area contributed by atoms with E-state index in [4.69, 9.17) is 5.26 Å². The number of nitrogens with zero attached hydrogens (tertiary/aromatic N) is 2. The summed E-state index contributed by atoms with van der Waals surface area (Å²) in [5, 5.41) is 9.10. The van der Waals surface area contributed by atoms with E-state index in [1.54, 1.807) is 0 Å². The van der Waals surface area contributed by atoms with Gasteiger partial charge in [-0.25, -0.2) is 0 Å². The minimum atomic E-state index is -4.49. The average Bonchev–Trinajstić information content (AvgIpc) is 2.66. The van der Waals surface area contributed by atoms with Gasteiger partial charge in [-0.1, -0.05) is 12.1 Å². The van der Waals surface area contributed by atoms with Gasteiger partial charge in [0.1, 0.15) is 0 Å². The van der Waals surface area contributed by atoms with Crippen LogP contribution in [0.5, 0.6) is 0 Å². The molecule has 2 aromatic rings. The standard InChI is InChI=1S/C20H16F6N2O/c1-28(17-8-6-16(7-9-17)20(24,25)26)18(29)14-4-2-13(3-5-14)15(12-27)10-11-19(21,22)23/h2-9,15H,10-11H2,1H3/t15-/m1/s1. The fourth-order valence-electron chi connectivity index (χ4n) is 2.66. The van der Waals surface area contributed by atoms with Crippen LogP contribution in [0, 0.1) is 11.3 Å². The Kier molecular flexibility index (Phi) is 6.57. The van der Waals surface area contributed by atoms with Crippen LogP contribution in [-0.2, 0) is 6.18 Å². The molecule has 0 unspecified atom stereocenters. The van der Waals surface area contributed by atoms with Gasteiger partial charge in [0.15, 0.2) is 0 Å². The van der Waals surface area contributed by atoms with Crippen LogP contribution in [0.3, 0.4) is 0 Å². The number of benzene rings is 2. The summed E-state index contributed by atoms with van der Waals surface area (Å²) in [4.78, 5) is 13.7. The Bertz CT molecular complexity index is 880. The first kappa shape index (κ1) is 22.3. The number of hydrogen-bond acceptors (Lipinski definition) is 2. The van der Waals surface area contributed by atoms with Crippen LogP contribution in [0.1, 0.15) is 40.2 Å². The van der Waals surface area contributed by atoms with E-state index < -0.39 is 42.6 Å². The van der Waals surface area contributed by atoms with Gasteiger partial charge in [0.05, 0.1) is 17.6 Å². The second-order valence-electron chi connectivity index (χ2n) is 6.37. The van der Waals surface area contributed by atoms with Gasteiger partial charge in [0.2, 0.25) is 0 Å². The molecule has 0 heterocycles. The molecule has 0 aliphatic rings. The third kappa shape index (κ3) is 5.98. The van der Waals surface area contributed by atoms with Gasteiger partial charge < -0.3 is 4.90 Å². The summed E-state index contributed by atoms with van der Waals surface area (Å²) >= 11 is 0. The Morgan fingerprint density at radius 1 is 1.00 bits per heavy atom. The summed E-state index contributed by atoms with van der Waals surface area (Å²) in [6.07, 6.45) is -10.3. The average molecular weight is 414 g/mol. The van der Waals surface area contributed by atoms with Crippen molar-refractivity contribution in [3.05, 3.63) is 65.2 Å². The lowest BCUT2D eigenvalue weighted by Crippen LogP contribution is -2.26. The van der Waals surface area contributed by atoms with E-state index in [1.165, 1.54) is 31.3 Å². The minimum Gasteiger partial charge on any atom is -0.311 e. The number of rotatable bonds is 5. The van der Waals surface area contributed by atoms with Gasteiger partial charge >= 0.3 is 12.4 Å². The first-order chi connectivity index (χ1) is 13.4. The maximum absolute atomic E-state index is 12.6. The largest absolute Gasteiger partial charge is 0.416 e. The van der Waals surface area contributed by atoms with Crippen molar-refractivity contribution >= 4 is 11.6 Å². The first-order valence-corrected chi connectivity index (χ1v) is 8.44. The van der Waals surface area contributed by atoms with Crippen LogP contribution in [0.2, 0.25) is 0 Å². The highest BCUT2D eigenvalue weighted by Crippen LogP contribution is 2.31. The molecule has 0 fully saturated rings. The number of carbonyl (C=O) groups excluding carboxylic acids is 1. The molecule has 0 aliphatic carbocycles. The van der Waals surface area contributed by atoms with Gasteiger partial charge in [-0.05, 0) is 48.4 Å². The lowest BCUT2D eigenvalue weighted by atomic mass is 9.94. The molecule has 0 saturated heterocycles. The van der Waals surface area contributed by atoms with Gasteiger partial charge in [-0.3, -0.25) is 4.79 Å². The highest BCUT2D eigenvalue weighted by atomic mass is 19.4. The van der Waals surface area contributed by atoms with E-state index in [-0.39, 0.29) is 11.3 Å². The number of carbonyl (C=O) groups is 1. The molecule has 0 aliphatic heterocycles. The fraction of sp³-hybridized carbons (Fsp3) is 0.300. The second-order valence-corrected chi connectivity index (χ2v) is 6.37. The summed E-state index contributed by atoms with van der Waals surface area (Å²) in [6.45, 7) is 0. The molecule has 154 valence electrons. The van der Waals surface area contributed by atoms with Crippen molar-refractivity contribution in [2.45, 2.75) is 31.1 Å². The van der Waals surface area contributed by atoms with E-state index in [2.05, 4.69) is 0 Å². The van der Waals surface area contributed by atoms with E-state index in [0.717, 1.165) is 29.2 Å². The van der Waals surface area contributed by atoms with Crippen molar-refractivity contribution in [1.82, 2.24) is 0 Å². The van der Waals surface area contributed by atoms with Crippen LogP contribution in [-0.4, -0.2) is 19.1 Å². The summed E-state index contributed by atoms with van der Waals surface area (Å²) in [5.74, 6) is -1.48. The highest BCUT2D eigenvalue weighted by Gasteiger charge is 2.30. The molecule has 29 heavy (non-hydrogen) atoms. The predicted molar refractivity (Wildman–Crippen MR) is 94.3 cm³/mol. The van der Waals surface area contributed by atoms with Crippen molar-refractivity contribution in [2.75, 3.05) is 11.9 Å². The van der Waals surface area contributed by atoms with E-state index in [0.29, 0.717) is 5.56 Å². The quantitative estimate of drug-likeness (QED) is 0.569. The molecule has 0 saturated carbocycles. The van der Waals surface area contributed by atoms with Crippen molar-refractivity contribution in [3.63, 3.8) is 0 Å². The second kappa shape index (κ2) is 8.55. The van der Waals surface area contributed by atoms with E-state index in [9.17, 15) is 31.1 Å². The van der Waals surface area contributed by atoms with Gasteiger partial charge in [0.25, 0.3) is 5.91 Å². The number of hydrogen-bond donors (Lipinski definition) is 0. The van der Waals surface area contributed by atoms with Crippen molar-refractivity contribution in [1.29, 1.82) is 5.26 Å². The van der Waals surface area contributed by atoms with E-state index >= 15 is 0 Å². The van der Waals surface area contributed by atoms with Crippen molar-refractivity contribution < 1.29 is 31.1 Å². The summed E-state index contributed by atoms with van der Waals surface area (Å²) in [7, 11) is 1.39. The monoisotopic (exact) mass is 414 g/mol. The zero-order chi connectivity index (χ0) is 21.8. The fourth-order valence-corrected chi connectivity index (χ4v) is 2.66. The Morgan fingerprint density at radius 3 is 2.00 bits per heavy atom. The van der Waals surface area contributed by atoms with Crippen LogP contribution >= 0.6 is 0 Å². The highest BCUT2D eigenvalue weighted by molar-refractivity contribution is 6.05. The Labute approximate surface area is 163 Å². The van der Waals surface area contributed by atoms with Crippen LogP contribution in [0.25, 0.3) is 0 Å². The number of nitriles is 1. The molecule has 2 rings (SSSR count). The normalized spacial score (nSPS) is 12.9. The zero-order valence-corrected chi connectivity index (χ0v) is 15.2. The number of halogens is 6. The molecule has 0 bridgehead atoms. The Balaban J connectivity index is 2.12. The molecule has 1 amide bonds. The molecular weight excluding hydrogens is 398 g/mol. The molecule has 9 heteroatoms. The number of amides is 1. The lowest BCUT2D eigenvalue weighted by Gasteiger charge is -2.19. The zero-order valence-electron chi connectivity index (χ0n) is 15.2. The van der Waals surface area contributed by atoms with Crippen molar-refractivity contribution in [3.8, 4) is 6.07 Å². The minimum absolute atomic E-state index is 0.184. The SMILES string of the molecule is CN(C(=O)c1ccc([C@@H](C#N)CCC(F)(F)F)cc1)c1ccc(C(F)(F)F)cc1. The molecule has 0 N–H and O–H groups in total. The number of anilines is 1. The molecule has 0 radical (unpaired) electrons. The van der Waals surface area contributed by atoms with Gasteiger partial charge in [-0.15, -0.1) is 0 Å². The van der Waals surface area contributed by atoms with Crippen LogP contribution in [0.4, 0.5) is 32.0 Å². The molecular formula is C20H16F6N2O. The first-order valence-electron chi connectivity index (χ1n) is 8.44. The molecule has 1 atom stereocenters. The summed E-state index contributed by atoms with van der Waals surface area (Å²) in [6, 6.07) is 11.4. The third-order valence-corrected chi connectivity index (χ3v) is 4.32. The van der Waals surface area contributed by atoms with Crippen molar-refractivity contribution in [2.24, 2.45) is 0 Å². The maximum Gasteiger partial charge on any atom is 0.416 e. The topological polar surface area (TPSA) is 44.1 Å². The van der Waals surface area contributed by atoms with Crippen LogP contribution < -0.4 is 4.90 Å². The molecule has 3 nitrogen and oxygen atoms in total. The predicted octanol–water partition coefficient (Wildman–Crippen LogP) is 5.93. The Hall–Kier alpha value is -3.02.